The van der Waals surface area contributed by atoms with Crippen LogP contribution in [0.15, 0.2) is 16.9 Å². The fraction of sp³-hybridized carbons (Fsp3) is 0.667. The van der Waals surface area contributed by atoms with Gasteiger partial charge in [-0.25, -0.2) is 9.97 Å². The van der Waals surface area contributed by atoms with Crippen LogP contribution in [0.3, 0.4) is 0 Å². The van der Waals surface area contributed by atoms with Gasteiger partial charge in [-0.2, -0.15) is 4.98 Å². The highest BCUT2D eigenvalue weighted by molar-refractivity contribution is 5.40. The summed E-state index contributed by atoms with van der Waals surface area (Å²) in [4.78, 5) is 15.8. The van der Waals surface area contributed by atoms with Gasteiger partial charge in [-0.15, -0.1) is 0 Å². The molecule has 134 valence electrons. The van der Waals surface area contributed by atoms with Crippen molar-refractivity contribution in [1.82, 2.24) is 20.1 Å². The molecule has 1 aliphatic heterocycles. The van der Waals surface area contributed by atoms with E-state index in [0.717, 1.165) is 62.0 Å². The third kappa shape index (κ3) is 3.38. The number of nitrogens with zero attached hydrogens (tertiary/aromatic N) is 5. The minimum absolute atomic E-state index is 0.302. The number of anilines is 1. The molecule has 2 aromatic heterocycles. The van der Waals surface area contributed by atoms with Gasteiger partial charge in [0.1, 0.15) is 12.1 Å². The van der Waals surface area contributed by atoms with Crippen LogP contribution in [-0.4, -0.2) is 39.2 Å². The summed E-state index contributed by atoms with van der Waals surface area (Å²) in [5, 5.41) is 4.09. The second-order valence-corrected chi connectivity index (χ2v) is 7.64. The molecule has 0 atom stereocenters. The van der Waals surface area contributed by atoms with Crippen molar-refractivity contribution in [3.05, 3.63) is 29.8 Å². The fourth-order valence-corrected chi connectivity index (χ4v) is 3.66. The lowest BCUT2D eigenvalue weighted by Gasteiger charge is -2.34. The Morgan fingerprint density at radius 3 is 2.56 bits per heavy atom. The molecule has 7 heteroatoms. The molecule has 3 heterocycles. The van der Waals surface area contributed by atoms with Crippen molar-refractivity contribution >= 4 is 5.82 Å². The molecule has 0 aromatic carbocycles. The molecule has 0 radical (unpaired) electrons. The normalized spacial score (nSPS) is 24.6. The predicted molar refractivity (Wildman–Crippen MR) is 94.6 cm³/mol. The molecule has 2 aliphatic rings. The van der Waals surface area contributed by atoms with Gasteiger partial charge in [0.2, 0.25) is 5.89 Å². The van der Waals surface area contributed by atoms with Crippen LogP contribution in [0, 0.1) is 0 Å². The maximum Gasteiger partial charge on any atom is 0.229 e. The van der Waals surface area contributed by atoms with Crippen molar-refractivity contribution in [3.8, 4) is 0 Å². The Bertz CT molecular complexity index is 716. The van der Waals surface area contributed by atoms with Crippen molar-refractivity contribution in [1.29, 1.82) is 0 Å². The van der Waals surface area contributed by atoms with E-state index in [2.05, 4.69) is 44.9 Å². The summed E-state index contributed by atoms with van der Waals surface area (Å²) in [5.41, 5.74) is 7.04. The quantitative estimate of drug-likeness (QED) is 0.912. The first-order valence-electron chi connectivity index (χ1n) is 9.26. The lowest BCUT2D eigenvalue weighted by Crippen LogP contribution is -2.36. The van der Waals surface area contributed by atoms with E-state index in [1.165, 1.54) is 0 Å². The maximum atomic E-state index is 5.90. The van der Waals surface area contributed by atoms with Crippen molar-refractivity contribution in [2.45, 2.75) is 63.3 Å². The van der Waals surface area contributed by atoms with Crippen molar-refractivity contribution in [2.75, 3.05) is 18.0 Å². The molecule has 0 bridgehead atoms. The van der Waals surface area contributed by atoms with E-state index >= 15 is 0 Å². The molecule has 0 unspecified atom stereocenters. The highest BCUT2D eigenvalue weighted by Crippen LogP contribution is 2.36. The molecular formula is C18H26N6O. The zero-order valence-electron chi connectivity index (χ0n) is 14.9. The van der Waals surface area contributed by atoms with E-state index in [-0.39, 0.29) is 0 Å². The van der Waals surface area contributed by atoms with E-state index in [1.807, 2.05) is 0 Å². The van der Waals surface area contributed by atoms with Crippen LogP contribution in [0.4, 0.5) is 5.82 Å². The Morgan fingerprint density at radius 1 is 1.16 bits per heavy atom. The van der Waals surface area contributed by atoms with Crippen LogP contribution < -0.4 is 10.6 Å². The van der Waals surface area contributed by atoms with Crippen molar-refractivity contribution < 1.29 is 4.52 Å². The van der Waals surface area contributed by atoms with Gasteiger partial charge in [0.25, 0.3) is 0 Å². The second-order valence-electron chi connectivity index (χ2n) is 7.64. The van der Waals surface area contributed by atoms with Gasteiger partial charge in [-0.3, -0.25) is 0 Å². The van der Waals surface area contributed by atoms with Crippen LogP contribution in [0.1, 0.15) is 74.7 Å². The van der Waals surface area contributed by atoms with Crippen molar-refractivity contribution in [2.24, 2.45) is 5.73 Å². The fourth-order valence-electron chi connectivity index (χ4n) is 3.66. The summed E-state index contributed by atoms with van der Waals surface area (Å²) >= 11 is 0. The Hall–Kier alpha value is -2.02. The first-order valence-corrected chi connectivity index (χ1v) is 9.26. The molecule has 7 nitrogen and oxygen atoms in total. The van der Waals surface area contributed by atoms with Gasteiger partial charge >= 0.3 is 0 Å². The third-order valence-corrected chi connectivity index (χ3v) is 5.41. The standard InChI is InChI=1S/C18H26N6O/c1-11(2)17-22-18(25-23-17)12-3-5-24(6-4-12)16-9-15(20-10-21-16)13-7-14(19)8-13/h9-14H,3-8,19H2,1-2H3. The largest absolute Gasteiger partial charge is 0.356 e. The zero-order valence-corrected chi connectivity index (χ0v) is 14.9. The highest BCUT2D eigenvalue weighted by atomic mass is 16.5. The van der Waals surface area contributed by atoms with Gasteiger partial charge in [-0.1, -0.05) is 19.0 Å². The summed E-state index contributed by atoms with van der Waals surface area (Å²) < 4.78 is 5.47. The summed E-state index contributed by atoms with van der Waals surface area (Å²) in [7, 11) is 0. The van der Waals surface area contributed by atoms with Gasteiger partial charge in [0.05, 0.1) is 0 Å². The molecule has 0 spiro atoms. The van der Waals surface area contributed by atoms with E-state index < -0.39 is 0 Å². The number of piperidine rings is 1. The Kier molecular flexibility index (Phi) is 4.41. The van der Waals surface area contributed by atoms with Crippen LogP contribution in [-0.2, 0) is 0 Å². The first kappa shape index (κ1) is 16.4. The van der Waals surface area contributed by atoms with Crippen LogP contribution in [0.2, 0.25) is 0 Å². The third-order valence-electron chi connectivity index (χ3n) is 5.41. The monoisotopic (exact) mass is 342 g/mol. The van der Waals surface area contributed by atoms with Crippen LogP contribution in [0.25, 0.3) is 0 Å². The molecule has 1 aliphatic carbocycles. The van der Waals surface area contributed by atoms with Gasteiger partial charge in [0, 0.05) is 48.6 Å². The summed E-state index contributed by atoms with van der Waals surface area (Å²) in [6.07, 6.45) is 5.77. The van der Waals surface area contributed by atoms with Gasteiger partial charge in [0.15, 0.2) is 5.82 Å². The zero-order chi connectivity index (χ0) is 17.4. The molecule has 2 fully saturated rings. The molecule has 0 amide bonds. The minimum Gasteiger partial charge on any atom is -0.356 e. The molecule has 2 N–H and O–H groups in total. The molecule has 1 saturated carbocycles. The Labute approximate surface area is 148 Å². The number of rotatable bonds is 4. The lowest BCUT2D eigenvalue weighted by atomic mass is 9.78. The van der Waals surface area contributed by atoms with Crippen molar-refractivity contribution in [3.63, 3.8) is 0 Å². The van der Waals surface area contributed by atoms with Gasteiger partial charge in [-0.05, 0) is 25.7 Å². The summed E-state index contributed by atoms with van der Waals surface area (Å²) in [6, 6.07) is 2.48. The van der Waals surface area contributed by atoms with Crippen LogP contribution >= 0.6 is 0 Å². The topological polar surface area (TPSA) is 94.0 Å². The number of hydrogen-bond acceptors (Lipinski definition) is 7. The van der Waals surface area contributed by atoms with E-state index in [1.54, 1.807) is 6.33 Å². The molecule has 1 saturated heterocycles. The number of hydrogen-bond donors (Lipinski definition) is 1. The highest BCUT2D eigenvalue weighted by Gasteiger charge is 2.30. The number of nitrogens with two attached hydrogens (primary N) is 1. The first-order chi connectivity index (χ1) is 12.1. The SMILES string of the molecule is CC(C)c1noc(C2CCN(c3cc(C4CC(N)C4)ncn3)CC2)n1. The second kappa shape index (κ2) is 6.71. The Balaban J connectivity index is 1.39. The summed E-state index contributed by atoms with van der Waals surface area (Å²) in [5.74, 6) is 3.77. The molecular weight excluding hydrogens is 316 g/mol. The van der Waals surface area contributed by atoms with Gasteiger partial charge < -0.3 is 15.2 Å². The minimum atomic E-state index is 0.302. The average Bonchev–Trinajstić information content (AvgIpc) is 3.10. The van der Waals surface area contributed by atoms with E-state index in [9.17, 15) is 0 Å². The molecule has 25 heavy (non-hydrogen) atoms. The van der Waals surface area contributed by atoms with E-state index in [0.29, 0.717) is 23.8 Å². The molecule has 4 rings (SSSR count). The Morgan fingerprint density at radius 2 is 1.92 bits per heavy atom. The average molecular weight is 342 g/mol. The van der Waals surface area contributed by atoms with Crippen LogP contribution in [0.5, 0.6) is 0 Å². The summed E-state index contributed by atoms with van der Waals surface area (Å²) in [6.45, 7) is 6.06. The van der Waals surface area contributed by atoms with E-state index in [4.69, 9.17) is 10.3 Å². The molecule has 2 aromatic rings. The maximum absolute atomic E-state index is 5.90. The number of aromatic nitrogens is 4. The smallest absolute Gasteiger partial charge is 0.229 e. The lowest BCUT2D eigenvalue weighted by molar-refractivity contribution is 0.325. The predicted octanol–water partition coefficient (Wildman–Crippen LogP) is 2.57.